The average molecular weight is 636 g/mol. The zero-order valence-electron chi connectivity index (χ0n) is 24.2. The quantitative estimate of drug-likeness (QED) is 0.329. The number of hydrogen-bond donors (Lipinski definition) is 0. The standard InChI is InChI=1S/C28H29NO10S3/c1-9-16(30)29-15-11-10-13(35-4)12-14(15)17-22(27(29,2)3)40-19(24(32)37-6)18(23(31)36-5)28(17)41-20(25(33)38-7)21(42-28)26(34)39-8/h10-12H,9H2,1-8H3. The molecule has 3 aliphatic rings. The summed E-state index contributed by atoms with van der Waals surface area (Å²) in [6.07, 6.45) is 0.185. The lowest BCUT2D eigenvalue weighted by molar-refractivity contribution is -0.138. The Hall–Kier alpha value is -3.36. The van der Waals surface area contributed by atoms with Gasteiger partial charge in [-0.2, -0.15) is 0 Å². The molecule has 0 atom stereocenters. The summed E-state index contributed by atoms with van der Waals surface area (Å²) in [4.78, 5) is 68.4. The molecule has 0 fully saturated rings. The zero-order valence-corrected chi connectivity index (χ0v) is 26.6. The van der Waals surface area contributed by atoms with Gasteiger partial charge in [0, 0.05) is 22.5 Å². The van der Waals surface area contributed by atoms with E-state index in [1.807, 2.05) is 13.8 Å². The van der Waals surface area contributed by atoms with Crippen molar-refractivity contribution in [1.82, 2.24) is 0 Å². The molecular weight excluding hydrogens is 607 g/mol. The van der Waals surface area contributed by atoms with Crippen LogP contribution in [0, 0.1) is 0 Å². The van der Waals surface area contributed by atoms with Crippen molar-refractivity contribution in [1.29, 1.82) is 0 Å². The number of anilines is 1. The predicted molar refractivity (Wildman–Crippen MR) is 159 cm³/mol. The number of hydrogen-bond acceptors (Lipinski definition) is 13. The number of methoxy groups -OCH3 is 5. The van der Waals surface area contributed by atoms with Gasteiger partial charge in [-0.25, -0.2) is 19.2 Å². The van der Waals surface area contributed by atoms with Gasteiger partial charge in [0.1, 0.15) is 24.5 Å². The van der Waals surface area contributed by atoms with E-state index in [4.69, 9.17) is 23.7 Å². The smallest absolute Gasteiger partial charge is 0.345 e. The van der Waals surface area contributed by atoms with Crippen LogP contribution in [0.4, 0.5) is 5.69 Å². The number of ether oxygens (including phenoxy) is 5. The number of amides is 1. The van der Waals surface area contributed by atoms with Crippen LogP contribution in [0.2, 0.25) is 0 Å². The van der Waals surface area contributed by atoms with E-state index in [1.165, 1.54) is 14.2 Å². The minimum atomic E-state index is -1.65. The van der Waals surface area contributed by atoms with Crippen molar-refractivity contribution in [2.24, 2.45) is 0 Å². The van der Waals surface area contributed by atoms with Crippen LogP contribution in [0.1, 0.15) is 32.8 Å². The van der Waals surface area contributed by atoms with E-state index in [2.05, 4.69) is 0 Å². The van der Waals surface area contributed by atoms with Crippen molar-refractivity contribution in [2.45, 2.75) is 36.8 Å². The van der Waals surface area contributed by atoms with Crippen molar-refractivity contribution >= 4 is 76.3 Å². The maximum absolute atomic E-state index is 13.7. The number of thioether (sulfide) groups is 3. The first kappa shape index (κ1) is 31.6. The van der Waals surface area contributed by atoms with Crippen LogP contribution in [0.3, 0.4) is 0 Å². The molecule has 3 aliphatic heterocycles. The van der Waals surface area contributed by atoms with Gasteiger partial charge in [0.05, 0.1) is 52.3 Å². The maximum Gasteiger partial charge on any atom is 0.345 e. The molecule has 1 spiro atoms. The Kier molecular flexibility index (Phi) is 8.82. The molecule has 1 amide bonds. The molecule has 0 saturated heterocycles. The molecule has 1 aromatic carbocycles. The Labute approximate surface area is 255 Å². The molecular formula is C28H29NO10S3. The highest BCUT2D eigenvalue weighted by molar-refractivity contribution is 8.26. The van der Waals surface area contributed by atoms with Crippen LogP contribution < -0.4 is 9.64 Å². The first-order valence-electron chi connectivity index (χ1n) is 12.5. The third-order valence-electron chi connectivity index (χ3n) is 6.90. The second kappa shape index (κ2) is 11.7. The van der Waals surface area contributed by atoms with Crippen molar-refractivity contribution in [2.75, 3.05) is 40.4 Å². The molecule has 11 nitrogen and oxygen atoms in total. The Balaban J connectivity index is 2.20. The molecule has 14 heteroatoms. The van der Waals surface area contributed by atoms with E-state index in [1.54, 1.807) is 30.0 Å². The lowest BCUT2D eigenvalue weighted by atomic mass is 9.83. The molecule has 0 aliphatic carbocycles. The van der Waals surface area contributed by atoms with Gasteiger partial charge in [-0.1, -0.05) is 42.2 Å². The number of carbonyl (C=O) groups excluding carboxylic acids is 5. The molecule has 0 unspecified atom stereocenters. The summed E-state index contributed by atoms with van der Waals surface area (Å²) in [5, 5.41) is 0. The minimum absolute atomic E-state index is 0.109. The van der Waals surface area contributed by atoms with Crippen molar-refractivity contribution in [3.8, 4) is 5.75 Å². The molecule has 0 saturated carbocycles. The van der Waals surface area contributed by atoms with Gasteiger partial charge in [0.25, 0.3) is 0 Å². The summed E-state index contributed by atoms with van der Waals surface area (Å²) in [5.74, 6) is -3.12. The van der Waals surface area contributed by atoms with Gasteiger partial charge >= 0.3 is 23.9 Å². The third-order valence-corrected chi connectivity index (χ3v) is 11.5. The van der Waals surface area contributed by atoms with Crippen molar-refractivity contribution in [3.05, 3.63) is 49.0 Å². The monoisotopic (exact) mass is 635 g/mol. The van der Waals surface area contributed by atoms with Gasteiger partial charge in [-0.15, -0.1) is 0 Å². The fraction of sp³-hybridized carbons (Fsp3) is 0.393. The van der Waals surface area contributed by atoms with Gasteiger partial charge in [-0.3, -0.25) is 4.79 Å². The highest BCUT2D eigenvalue weighted by Crippen LogP contribution is 2.71. The normalized spacial score (nSPS) is 18.3. The summed E-state index contributed by atoms with van der Waals surface area (Å²) in [7, 11) is 6.15. The minimum Gasteiger partial charge on any atom is -0.497 e. The van der Waals surface area contributed by atoms with Crippen LogP contribution >= 0.6 is 35.3 Å². The van der Waals surface area contributed by atoms with E-state index >= 15 is 0 Å². The highest BCUT2D eigenvalue weighted by Gasteiger charge is 2.61. The first-order valence-corrected chi connectivity index (χ1v) is 15.0. The highest BCUT2D eigenvalue weighted by atomic mass is 32.2. The van der Waals surface area contributed by atoms with Crippen LogP contribution in [0.15, 0.2) is 43.4 Å². The molecule has 42 heavy (non-hydrogen) atoms. The second-order valence-corrected chi connectivity index (χ2v) is 13.2. The largest absolute Gasteiger partial charge is 0.497 e. The predicted octanol–water partition coefficient (Wildman–Crippen LogP) is 4.02. The van der Waals surface area contributed by atoms with E-state index in [0.29, 0.717) is 27.5 Å². The van der Waals surface area contributed by atoms with E-state index in [-0.39, 0.29) is 32.6 Å². The van der Waals surface area contributed by atoms with E-state index in [9.17, 15) is 24.0 Å². The number of rotatable bonds is 6. The zero-order chi connectivity index (χ0) is 31.1. The summed E-state index contributed by atoms with van der Waals surface area (Å²) < 4.78 is 24.2. The van der Waals surface area contributed by atoms with Gasteiger partial charge in [-0.05, 0) is 32.0 Å². The molecule has 0 bridgehead atoms. The number of esters is 4. The van der Waals surface area contributed by atoms with Crippen molar-refractivity contribution < 1.29 is 47.7 Å². The Bertz CT molecular complexity index is 1480. The van der Waals surface area contributed by atoms with Gasteiger partial charge < -0.3 is 28.6 Å². The van der Waals surface area contributed by atoms with Crippen LogP contribution in [-0.2, 0) is 42.9 Å². The lowest BCUT2D eigenvalue weighted by Gasteiger charge is -2.50. The molecule has 0 N–H and O–H groups in total. The average Bonchev–Trinajstić information content (AvgIpc) is 3.38. The van der Waals surface area contributed by atoms with Crippen molar-refractivity contribution in [3.63, 3.8) is 0 Å². The molecule has 4 rings (SSSR count). The first-order chi connectivity index (χ1) is 19.9. The van der Waals surface area contributed by atoms with E-state index < -0.39 is 33.5 Å². The summed E-state index contributed by atoms with van der Waals surface area (Å²) in [6, 6.07) is 5.16. The number of benzene rings is 1. The Morgan fingerprint density at radius 1 is 0.786 bits per heavy atom. The fourth-order valence-corrected chi connectivity index (χ4v) is 10.1. The Morgan fingerprint density at radius 2 is 1.31 bits per heavy atom. The van der Waals surface area contributed by atoms with Gasteiger partial charge in [0.2, 0.25) is 5.91 Å². The molecule has 1 aromatic rings. The SMILES string of the molecule is CCC(=O)N1c2ccc(OC)cc2C2=C(SC(C(=O)OC)=C(C(=O)OC)C23SC(C(=O)OC)=C(C(=O)OC)S3)C1(C)C. The van der Waals surface area contributed by atoms with Gasteiger partial charge in [0.15, 0.2) is 0 Å². The van der Waals surface area contributed by atoms with Crippen LogP contribution in [0.5, 0.6) is 5.75 Å². The second-order valence-electron chi connectivity index (χ2n) is 9.48. The number of nitrogens with zero attached hydrogens (tertiary/aromatic N) is 1. The molecule has 0 aromatic heterocycles. The topological polar surface area (TPSA) is 135 Å². The van der Waals surface area contributed by atoms with Crippen LogP contribution in [0.25, 0.3) is 5.57 Å². The van der Waals surface area contributed by atoms with Crippen LogP contribution in [-0.4, -0.2) is 75.0 Å². The fourth-order valence-electron chi connectivity index (χ4n) is 5.03. The summed E-state index contributed by atoms with van der Waals surface area (Å²) in [6.45, 7) is 5.39. The lowest BCUT2D eigenvalue weighted by Crippen LogP contribution is -2.53. The molecule has 3 heterocycles. The third kappa shape index (κ3) is 4.69. The Morgan fingerprint density at radius 3 is 1.79 bits per heavy atom. The molecule has 0 radical (unpaired) electrons. The molecule has 224 valence electrons. The summed E-state index contributed by atoms with van der Waals surface area (Å²) >= 11 is 2.71. The summed E-state index contributed by atoms with van der Waals surface area (Å²) in [5.41, 5.74) is 0.289. The maximum atomic E-state index is 13.7. The van der Waals surface area contributed by atoms with E-state index in [0.717, 1.165) is 56.6 Å². The number of carbonyl (C=O) groups is 5. The number of fused-ring (bicyclic) bond motifs is 3.